The molecule has 0 amide bonds. The molecule has 5 heterocycles. The van der Waals surface area contributed by atoms with E-state index in [-0.39, 0.29) is 28.5 Å². The topological polar surface area (TPSA) is 9.72 Å². The Hall–Kier alpha value is -6.34. The number of fused-ring (bicyclic) bond motifs is 13. The molecule has 1 aliphatic carbocycles. The van der Waals surface area contributed by atoms with Crippen LogP contribution in [-0.4, -0.2) is 12.3 Å². The monoisotopic (exact) mass is 957 g/mol. The normalized spacial score (nSPS) is 19.4. The Morgan fingerprint density at radius 2 is 1.11 bits per heavy atom. The van der Waals surface area contributed by atoms with Gasteiger partial charge in [0.15, 0.2) is 0 Å². The Morgan fingerprint density at radius 3 is 1.89 bits per heavy atom. The second kappa shape index (κ2) is 14.9. The first kappa shape index (κ1) is 43.5. The summed E-state index contributed by atoms with van der Waals surface area (Å²) in [6.07, 6.45) is 4.86. The summed E-state index contributed by atoms with van der Waals surface area (Å²) in [4.78, 5) is 8.08. The van der Waals surface area contributed by atoms with Gasteiger partial charge in [-0.25, -0.2) is 0 Å². The van der Waals surface area contributed by atoms with Crippen molar-refractivity contribution in [3.05, 3.63) is 174 Å². The van der Waals surface area contributed by atoms with Crippen LogP contribution in [-0.2, 0) is 16.2 Å². The number of rotatable bonds is 3. The number of nitrogens with zero attached hydrogens (tertiary/aromatic N) is 3. The molecule has 3 aliphatic heterocycles. The van der Waals surface area contributed by atoms with Gasteiger partial charge in [-0.05, 0) is 149 Å². The minimum Gasteiger partial charge on any atom is -0.334 e. The summed E-state index contributed by atoms with van der Waals surface area (Å²) in [5, 5.41) is 5.29. The van der Waals surface area contributed by atoms with E-state index in [1.807, 2.05) is 22.7 Å². The van der Waals surface area contributed by atoms with Gasteiger partial charge in [-0.2, -0.15) is 0 Å². The molecule has 8 aromatic carbocycles. The Balaban J connectivity index is 1.06. The van der Waals surface area contributed by atoms with E-state index >= 15 is 0 Å². The van der Waals surface area contributed by atoms with Gasteiger partial charge in [0, 0.05) is 85.6 Å². The molecular weight excluding hydrogens is 898 g/mol. The number of benzene rings is 8. The molecule has 3 nitrogen and oxygen atoms in total. The highest BCUT2D eigenvalue weighted by Gasteiger charge is 2.58. The Kier molecular flexibility index (Phi) is 9.10. The van der Waals surface area contributed by atoms with E-state index in [1.165, 1.54) is 144 Å². The van der Waals surface area contributed by atoms with Gasteiger partial charge in [-0.15, -0.1) is 22.7 Å². The minimum atomic E-state index is -0.0815. The Morgan fingerprint density at radius 1 is 0.479 bits per heavy atom. The second-order valence-corrected chi connectivity index (χ2v) is 25.9. The summed E-state index contributed by atoms with van der Waals surface area (Å²) in [7, 11) is 0. The number of anilines is 8. The molecule has 10 aromatic rings. The van der Waals surface area contributed by atoms with Crippen LogP contribution >= 0.6 is 22.7 Å². The predicted octanol–water partition coefficient (Wildman–Crippen LogP) is 17.2. The second-order valence-electron chi connectivity index (χ2n) is 23.7. The number of thiophene rings is 2. The fourth-order valence-electron chi connectivity index (χ4n) is 13.7. The molecule has 0 N–H and O–H groups in total. The van der Waals surface area contributed by atoms with Crippen LogP contribution in [0.2, 0.25) is 0 Å². The van der Waals surface area contributed by atoms with Crippen molar-refractivity contribution in [3.63, 3.8) is 0 Å². The molecule has 0 saturated heterocycles. The van der Waals surface area contributed by atoms with Crippen molar-refractivity contribution in [3.8, 4) is 0 Å². The molecule has 1 saturated carbocycles. The van der Waals surface area contributed by atoms with Crippen LogP contribution in [0, 0.1) is 6.92 Å². The van der Waals surface area contributed by atoms with Crippen molar-refractivity contribution < 1.29 is 0 Å². The van der Waals surface area contributed by atoms with Gasteiger partial charge in [-0.1, -0.05) is 140 Å². The maximum Gasteiger partial charge on any atom is 0.252 e. The molecule has 0 radical (unpaired) electrons. The zero-order chi connectivity index (χ0) is 48.5. The first-order valence-electron chi connectivity index (χ1n) is 25.9. The van der Waals surface area contributed by atoms with Crippen molar-refractivity contribution in [1.82, 2.24) is 0 Å². The van der Waals surface area contributed by atoms with Crippen molar-refractivity contribution in [2.45, 2.75) is 110 Å². The lowest BCUT2D eigenvalue weighted by molar-refractivity contribution is 0.195. The third-order valence-corrected chi connectivity index (χ3v) is 19.8. The van der Waals surface area contributed by atoms with Gasteiger partial charge >= 0.3 is 0 Å². The SMILES string of the molecule is Cc1cc2c3c(c1)N(c1cccc4sc5ccccc5c14)c1ccc(C(C)(C)C)cc1B3c1ccc(N3c4ccc(C(C)(C)C)cc4C4(C)CCCCC34C)cc1N2c1ccc2c(c1)sc1ccccc12. The lowest BCUT2D eigenvalue weighted by Crippen LogP contribution is -2.61. The third-order valence-electron chi connectivity index (χ3n) is 17.5. The number of aryl methyl sites for hydroxylation is 1. The van der Waals surface area contributed by atoms with Crippen LogP contribution in [0.4, 0.5) is 45.5 Å². The fourth-order valence-corrected chi connectivity index (χ4v) is 15.9. The smallest absolute Gasteiger partial charge is 0.252 e. The quantitative estimate of drug-likeness (QED) is 0.163. The van der Waals surface area contributed by atoms with Crippen molar-refractivity contribution in [2.75, 3.05) is 14.7 Å². The molecule has 14 rings (SSSR count). The summed E-state index contributed by atoms with van der Waals surface area (Å²) in [6.45, 7) is 21.7. The highest BCUT2D eigenvalue weighted by Crippen LogP contribution is 2.62. The van der Waals surface area contributed by atoms with E-state index in [2.05, 4.69) is 229 Å². The largest absolute Gasteiger partial charge is 0.334 e. The van der Waals surface area contributed by atoms with Gasteiger partial charge in [-0.3, -0.25) is 0 Å². The molecule has 350 valence electrons. The first-order valence-corrected chi connectivity index (χ1v) is 27.5. The summed E-state index contributed by atoms with van der Waals surface area (Å²) < 4.78 is 5.29. The third kappa shape index (κ3) is 6.07. The lowest BCUT2D eigenvalue weighted by atomic mass is 9.33. The minimum absolute atomic E-state index is 0.0108. The van der Waals surface area contributed by atoms with E-state index < -0.39 is 0 Å². The molecule has 4 aliphatic rings. The standard InChI is InChI=1S/C65H60BN3S2/c1-39-33-54-61-55(34-39)68(52-19-16-22-58-60(52)46-18-11-13-21-57(46)70-58)51-30-24-41(63(5,6)7)36-49(51)66(61)48-28-26-43(37-53(48)67(54)42-25-27-45-44-17-10-12-20-56(44)71-59(45)38-42)69-50-29-23-40(62(2,3)4)35-47(50)64(8)31-14-15-32-65(64,69)9/h10-13,16-30,33-38H,14-15,31-32H2,1-9H3. The molecule has 0 bridgehead atoms. The van der Waals surface area contributed by atoms with Crippen molar-refractivity contribution in [2.24, 2.45) is 0 Å². The van der Waals surface area contributed by atoms with Crippen molar-refractivity contribution in [1.29, 1.82) is 0 Å². The van der Waals surface area contributed by atoms with E-state index in [4.69, 9.17) is 0 Å². The van der Waals surface area contributed by atoms with E-state index in [0.29, 0.717) is 0 Å². The molecule has 6 heteroatoms. The maximum absolute atomic E-state index is 2.79. The van der Waals surface area contributed by atoms with Crippen LogP contribution in [0.3, 0.4) is 0 Å². The molecule has 2 aromatic heterocycles. The summed E-state index contributed by atoms with van der Waals surface area (Å²) >= 11 is 3.81. The van der Waals surface area contributed by atoms with E-state index in [1.54, 1.807) is 0 Å². The molecular formula is C65H60BN3S2. The predicted molar refractivity (Wildman–Crippen MR) is 311 cm³/mol. The zero-order valence-electron chi connectivity index (χ0n) is 42.5. The summed E-state index contributed by atoms with van der Waals surface area (Å²) in [6, 6.07) is 59.6. The molecule has 1 fully saturated rings. The Bertz CT molecular complexity index is 3900. The van der Waals surface area contributed by atoms with Crippen molar-refractivity contribution >= 4 is 132 Å². The maximum atomic E-state index is 2.79. The van der Waals surface area contributed by atoms with Crippen LogP contribution in [0.15, 0.2) is 152 Å². The Labute approximate surface area is 427 Å². The fraction of sp³-hybridized carbons (Fsp3) is 0.262. The number of hydrogen-bond donors (Lipinski definition) is 0. The highest BCUT2D eigenvalue weighted by atomic mass is 32.1. The molecule has 0 spiro atoms. The van der Waals surface area contributed by atoms with Crippen LogP contribution in [0.5, 0.6) is 0 Å². The zero-order valence-corrected chi connectivity index (χ0v) is 44.1. The van der Waals surface area contributed by atoms with Gasteiger partial charge in [0.25, 0.3) is 6.71 Å². The number of hydrogen-bond acceptors (Lipinski definition) is 5. The van der Waals surface area contributed by atoms with Gasteiger partial charge in [0.1, 0.15) is 0 Å². The van der Waals surface area contributed by atoms with E-state index in [9.17, 15) is 0 Å². The summed E-state index contributed by atoms with van der Waals surface area (Å²) in [5.74, 6) is 0. The van der Waals surface area contributed by atoms with Gasteiger partial charge in [0.2, 0.25) is 0 Å². The molecule has 2 unspecified atom stereocenters. The average molecular weight is 958 g/mol. The first-order chi connectivity index (χ1) is 34.1. The van der Waals surface area contributed by atoms with Crippen LogP contribution in [0.1, 0.15) is 103 Å². The highest BCUT2D eigenvalue weighted by molar-refractivity contribution is 7.26. The average Bonchev–Trinajstić information content (AvgIpc) is 3.98. The van der Waals surface area contributed by atoms with Gasteiger partial charge < -0.3 is 14.7 Å². The van der Waals surface area contributed by atoms with Gasteiger partial charge in [0.05, 0.1) is 11.2 Å². The summed E-state index contributed by atoms with van der Waals surface area (Å²) in [5.41, 5.74) is 19.8. The van der Waals surface area contributed by atoms with Crippen LogP contribution < -0.4 is 31.1 Å². The lowest BCUT2D eigenvalue weighted by Gasteiger charge is -2.50. The molecule has 2 atom stereocenters. The van der Waals surface area contributed by atoms with Crippen LogP contribution in [0.25, 0.3) is 40.3 Å². The molecule has 71 heavy (non-hydrogen) atoms. The van der Waals surface area contributed by atoms with E-state index in [0.717, 1.165) is 6.42 Å².